The Balaban J connectivity index is 1.63. The molecule has 0 saturated carbocycles. The van der Waals surface area contributed by atoms with Crippen molar-refractivity contribution in [2.75, 3.05) is 45.9 Å². The van der Waals surface area contributed by atoms with E-state index >= 15 is 0 Å². The molecule has 8 nitrogen and oxygen atoms in total. The Hall–Kier alpha value is -1.93. The Bertz CT molecular complexity index is 652. The van der Waals surface area contributed by atoms with Gasteiger partial charge in [-0.15, -0.1) is 0 Å². The van der Waals surface area contributed by atoms with Gasteiger partial charge in [0.25, 0.3) is 11.8 Å². The van der Waals surface area contributed by atoms with Gasteiger partial charge in [0.2, 0.25) is 0 Å². The van der Waals surface area contributed by atoms with Gasteiger partial charge in [-0.05, 0) is 25.7 Å². The van der Waals surface area contributed by atoms with Gasteiger partial charge in [-0.1, -0.05) is 13.3 Å². The molecule has 0 radical (unpaired) electrons. The van der Waals surface area contributed by atoms with E-state index in [1.165, 1.54) is 0 Å². The number of hydrogen-bond donors (Lipinski definition) is 2. The highest BCUT2D eigenvalue weighted by Gasteiger charge is 2.27. The molecule has 2 amide bonds. The number of carbonyl (C=O) groups is 2. The van der Waals surface area contributed by atoms with Gasteiger partial charge < -0.3 is 19.9 Å². The number of fused-ring (bicyclic) bond motifs is 1. The molecular formula is C19H31N5O3. The predicted molar refractivity (Wildman–Crippen MR) is 102 cm³/mol. The van der Waals surface area contributed by atoms with Crippen LogP contribution in [0.5, 0.6) is 0 Å². The van der Waals surface area contributed by atoms with Crippen LogP contribution >= 0.6 is 0 Å². The zero-order valence-corrected chi connectivity index (χ0v) is 16.3. The molecule has 1 saturated heterocycles. The van der Waals surface area contributed by atoms with Crippen LogP contribution in [0.4, 0.5) is 0 Å². The summed E-state index contributed by atoms with van der Waals surface area (Å²) in [7, 11) is 0. The molecule has 0 unspecified atom stereocenters. The number of rotatable bonds is 8. The third kappa shape index (κ3) is 5.07. The predicted octanol–water partition coefficient (Wildman–Crippen LogP) is 0.811. The minimum absolute atomic E-state index is 0.165. The number of unbranched alkanes of at least 4 members (excludes halogenated alkanes) is 1. The highest BCUT2D eigenvalue weighted by Crippen LogP contribution is 2.21. The second kappa shape index (κ2) is 9.85. The first-order chi connectivity index (χ1) is 13.2. The summed E-state index contributed by atoms with van der Waals surface area (Å²) >= 11 is 0. The van der Waals surface area contributed by atoms with Crippen molar-refractivity contribution in [3.63, 3.8) is 0 Å². The molecule has 3 rings (SSSR count). The second-order valence-electron chi connectivity index (χ2n) is 7.16. The summed E-state index contributed by atoms with van der Waals surface area (Å²) in [4.78, 5) is 31.9. The average molecular weight is 377 g/mol. The molecule has 2 aliphatic rings. The molecule has 1 aromatic heterocycles. The number of hydrogen-bond acceptors (Lipinski definition) is 5. The quantitative estimate of drug-likeness (QED) is 0.655. The lowest BCUT2D eigenvalue weighted by Gasteiger charge is -2.26. The largest absolute Gasteiger partial charge is 0.379 e. The van der Waals surface area contributed by atoms with E-state index in [0.29, 0.717) is 24.6 Å². The lowest BCUT2D eigenvalue weighted by Crippen LogP contribution is -2.41. The van der Waals surface area contributed by atoms with E-state index in [9.17, 15) is 9.59 Å². The number of morpholine rings is 1. The molecule has 8 heteroatoms. The van der Waals surface area contributed by atoms with Gasteiger partial charge in [0.15, 0.2) is 5.82 Å². The van der Waals surface area contributed by atoms with Gasteiger partial charge in [-0.25, -0.2) is 4.98 Å². The summed E-state index contributed by atoms with van der Waals surface area (Å²) in [5.74, 6) is 0.00723. The zero-order chi connectivity index (χ0) is 19.1. The van der Waals surface area contributed by atoms with E-state index in [-0.39, 0.29) is 11.8 Å². The Morgan fingerprint density at radius 2 is 1.85 bits per heavy atom. The molecule has 0 aliphatic carbocycles. The lowest BCUT2D eigenvalue weighted by atomic mass is 10.1. The topological polar surface area (TPSA) is 88.5 Å². The molecular weight excluding hydrogens is 346 g/mol. The van der Waals surface area contributed by atoms with Crippen LogP contribution in [0.3, 0.4) is 0 Å². The first kappa shape index (κ1) is 19.8. The number of imidazole rings is 1. The monoisotopic (exact) mass is 377 g/mol. The summed E-state index contributed by atoms with van der Waals surface area (Å²) in [5.41, 5.74) is 1.32. The van der Waals surface area contributed by atoms with Crippen LogP contribution in [0.1, 0.15) is 59.4 Å². The molecule has 0 bridgehead atoms. The summed E-state index contributed by atoms with van der Waals surface area (Å²) in [5, 5.41) is 5.89. The first-order valence-corrected chi connectivity index (χ1v) is 10.2. The van der Waals surface area contributed by atoms with Crippen LogP contribution in [0.2, 0.25) is 0 Å². The van der Waals surface area contributed by atoms with Crippen molar-refractivity contribution in [3.05, 3.63) is 17.2 Å². The summed E-state index contributed by atoms with van der Waals surface area (Å²) in [6.45, 7) is 8.14. The standard InChI is InChI=1S/C19H31N5O3/c1-2-3-7-20-18(25)16-15-6-4-5-9-24(15)17(22-16)19(26)21-8-10-23-11-13-27-14-12-23/h2-14H2,1H3,(H,20,25)(H,21,26). The molecule has 2 aliphatic heterocycles. The van der Waals surface area contributed by atoms with Crippen LogP contribution in [0, 0.1) is 0 Å². The van der Waals surface area contributed by atoms with Crippen LogP contribution in [-0.4, -0.2) is 72.2 Å². The van der Waals surface area contributed by atoms with Gasteiger partial charge in [0.1, 0.15) is 5.69 Å². The third-order valence-corrected chi connectivity index (χ3v) is 5.17. The summed E-state index contributed by atoms with van der Waals surface area (Å²) in [6, 6.07) is 0. The van der Waals surface area contributed by atoms with Crippen molar-refractivity contribution in [1.29, 1.82) is 0 Å². The van der Waals surface area contributed by atoms with Gasteiger partial charge >= 0.3 is 0 Å². The molecule has 0 spiro atoms. The molecule has 0 atom stereocenters. The van der Waals surface area contributed by atoms with Crippen molar-refractivity contribution in [1.82, 2.24) is 25.1 Å². The first-order valence-electron chi connectivity index (χ1n) is 10.2. The number of aromatic nitrogens is 2. The molecule has 3 heterocycles. The van der Waals surface area contributed by atoms with Crippen molar-refractivity contribution in [3.8, 4) is 0 Å². The van der Waals surface area contributed by atoms with E-state index in [2.05, 4.69) is 27.4 Å². The zero-order valence-electron chi connectivity index (χ0n) is 16.3. The second-order valence-corrected chi connectivity index (χ2v) is 7.16. The maximum absolute atomic E-state index is 12.7. The van der Waals surface area contributed by atoms with E-state index in [4.69, 9.17) is 4.74 Å². The fourth-order valence-electron chi connectivity index (χ4n) is 3.59. The van der Waals surface area contributed by atoms with Crippen molar-refractivity contribution in [2.45, 2.75) is 45.6 Å². The maximum Gasteiger partial charge on any atom is 0.287 e. The smallest absolute Gasteiger partial charge is 0.287 e. The van der Waals surface area contributed by atoms with Crippen LogP contribution in [0.25, 0.3) is 0 Å². The lowest BCUT2D eigenvalue weighted by molar-refractivity contribution is 0.0383. The molecule has 0 aromatic carbocycles. The van der Waals surface area contributed by atoms with Gasteiger partial charge in [0.05, 0.1) is 18.9 Å². The Kier molecular flexibility index (Phi) is 7.23. The number of nitrogens with one attached hydrogen (secondary N) is 2. The van der Waals surface area contributed by atoms with Crippen LogP contribution in [-0.2, 0) is 17.7 Å². The molecule has 150 valence electrons. The highest BCUT2D eigenvalue weighted by atomic mass is 16.5. The van der Waals surface area contributed by atoms with Gasteiger partial charge in [-0.3, -0.25) is 14.5 Å². The number of amides is 2. The number of carbonyl (C=O) groups excluding carboxylic acids is 2. The Morgan fingerprint density at radius 1 is 1.07 bits per heavy atom. The maximum atomic E-state index is 12.7. The fourth-order valence-corrected chi connectivity index (χ4v) is 3.59. The average Bonchev–Trinajstić information content (AvgIpc) is 3.09. The van der Waals surface area contributed by atoms with Gasteiger partial charge in [-0.2, -0.15) is 0 Å². The minimum atomic E-state index is -0.195. The van der Waals surface area contributed by atoms with Crippen molar-refractivity contribution >= 4 is 11.8 Å². The Labute approximate surface area is 160 Å². The molecule has 27 heavy (non-hydrogen) atoms. The van der Waals surface area contributed by atoms with E-state index in [0.717, 1.165) is 77.2 Å². The summed E-state index contributed by atoms with van der Waals surface area (Å²) < 4.78 is 7.27. The van der Waals surface area contributed by atoms with Gasteiger partial charge in [0, 0.05) is 39.3 Å². The van der Waals surface area contributed by atoms with E-state index in [1.807, 2.05) is 4.57 Å². The fraction of sp³-hybridized carbons (Fsp3) is 0.737. The number of ether oxygens (including phenoxy) is 1. The highest BCUT2D eigenvalue weighted by molar-refractivity contribution is 5.97. The Morgan fingerprint density at radius 3 is 2.63 bits per heavy atom. The van der Waals surface area contributed by atoms with E-state index in [1.54, 1.807) is 0 Å². The SMILES string of the molecule is CCCCNC(=O)c1nc(C(=O)NCCN2CCOCC2)n2c1CCCC2. The third-order valence-electron chi connectivity index (χ3n) is 5.17. The molecule has 2 N–H and O–H groups in total. The summed E-state index contributed by atoms with van der Waals surface area (Å²) in [6.07, 6.45) is 4.80. The molecule has 1 fully saturated rings. The van der Waals surface area contributed by atoms with Crippen molar-refractivity contribution in [2.24, 2.45) is 0 Å². The normalized spacial score (nSPS) is 17.4. The van der Waals surface area contributed by atoms with Crippen molar-refractivity contribution < 1.29 is 14.3 Å². The van der Waals surface area contributed by atoms with Crippen LogP contribution < -0.4 is 10.6 Å². The molecule has 1 aromatic rings. The minimum Gasteiger partial charge on any atom is -0.379 e. The van der Waals surface area contributed by atoms with Crippen LogP contribution in [0.15, 0.2) is 0 Å². The van der Waals surface area contributed by atoms with E-state index < -0.39 is 0 Å². The number of nitrogens with zero attached hydrogens (tertiary/aromatic N) is 3.